The van der Waals surface area contributed by atoms with Crippen molar-refractivity contribution >= 4 is 16.9 Å². The fraction of sp³-hybridized carbons (Fsp3) is 0.357. The molecule has 1 aromatic heterocycles. The van der Waals surface area contributed by atoms with Gasteiger partial charge in [0.25, 0.3) is 5.91 Å². The first-order chi connectivity index (χ1) is 9.80. The maximum atomic E-state index is 12.5. The fourth-order valence-electron chi connectivity index (χ4n) is 2.01. The molecule has 0 saturated heterocycles. The van der Waals surface area contributed by atoms with E-state index in [0.29, 0.717) is 15.9 Å². The second-order valence-electron chi connectivity index (χ2n) is 4.72. The number of nitrogens with zero attached hydrogens (tertiary/aromatic N) is 1. The Morgan fingerprint density at radius 3 is 2.67 bits per heavy atom. The minimum atomic E-state index is -4.53. The van der Waals surface area contributed by atoms with Gasteiger partial charge in [-0.15, -0.1) is 0 Å². The van der Waals surface area contributed by atoms with Crippen LogP contribution in [0.2, 0.25) is 0 Å². The van der Waals surface area contributed by atoms with Gasteiger partial charge in [-0.25, -0.2) is 0 Å². The lowest BCUT2D eigenvalue weighted by Crippen LogP contribution is -2.40. The summed E-state index contributed by atoms with van der Waals surface area (Å²) in [5.74, 6) is -1.07. The Hall–Kier alpha value is -2.02. The Morgan fingerprint density at radius 1 is 1.33 bits per heavy atom. The lowest BCUT2D eigenvalue weighted by Gasteiger charge is -2.21. The molecule has 21 heavy (non-hydrogen) atoms. The average Bonchev–Trinajstić information content (AvgIpc) is 2.78. The molecule has 1 amide bonds. The highest BCUT2D eigenvalue weighted by Gasteiger charge is 2.34. The summed E-state index contributed by atoms with van der Waals surface area (Å²) in [5.41, 5.74) is 1.38. The first-order valence-electron chi connectivity index (χ1n) is 6.27. The second-order valence-corrected chi connectivity index (χ2v) is 4.72. The van der Waals surface area contributed by atoms with Crippen molar-refractivity contribution in [2.75, 3.05) is 19.7 Å². The molecule has 0 aliphatic rings. The van der Waals surface area contributed by atoms with Crippen LogP contribution in [-0.2, 0) is 0 Å². The highest BCUT2D eigenvalue weighted by molar-refractivity contribution is 5.96. The molecule has 7 heteroatoms. The predicted octanol–water partition coefficient (Wildman–Crippen LogP) is 2.74. The van der Waals surface area contributed by atoms with E-state index >= 15 is 0 Å². The summed E-state index contributed by atoms with van der Waals surface area (Å²) in [4.78, 5) is 12.6. The summed E-state index contributed by atoms with van der Waals surface area (Å²) >= 11 is 0. The second kappa shape index (κ2) is 5.77. The molecule has 1 heterocycles. The molecule has 4 nitrogen and oxygen atoms in total. The third-order valence-electron chi connectivity index (χ3n) is 2.91. The Kier molecular flexibility index (Phi) is 4.22. The molecule has 1 N–H and O–H groups in total. The summed E-state index contributed by atoms with van der Waals surface area (Å²) in [5, 5.41) is 9.46. The lowest BCUT2D eigenvalue weighted by atomic mass is 10.2. The number of aryl methyl sites for hydroxylation is 1. The highest BCUT2D eigenvalue weighted by atomic mass is 19.4. The van der Waals surface area contributed by atoms with Crippen molar-refractivity contribution in [2.24, 2.45) is 0 Å². The molecule has 1 aromatic carbocycles. The Bertz CT molecular complexity index is 648. The van der Waals surface area contributed by atoms with Crippen molar-refractivity contribution in [3.63, 3.8) is 0 Å². The number of carbonyl (C=O) groups excluding carboxylic acids is 1. The van der Waals surface area contributed by atoms with Gasteiger partial charge in [-0.1, -0.05) is 11.6 Å². The van der Waals surface area contributed by atoms with Crippen molar-refractivity contribution in [2.45, 2.75) is 13.1 Å². The minimum Gasteiger partial charge on any atom is -0.451 e. The third kappa shape index (κ3) is 3.75. The van der Waals surface area contributed by atoms with Crippen LogP contribution in [0, 0.1) is 6.92 Å². The standard InChI is InChI=1S/C14H14F3NO3/c1-9-2-3-11-10(6-9)7-12(21-11)13(20)18(4-5-19)8-14(15,16)17/h2-3,6-7,19H,4-5,8H2,1H3. The van der Waals surface area contributed by atoms with Gasteiger partial charge >= 0.3 is 6.18 Å². The normalized spacial score (nSPS) is 11.9. The van der Waals surface area contributed by atoms with Crippen molar-refractivity contribution < 1.29 is 27.5 Å². The van der Waals surface area contributed by atoms with E-state index in [0.717, 1.165) is 5.56 Å². The third-order valence-corrected chi connectivity index (χ3v) is 2.91. The molecule has 0 spiro atoms. The average molecular weight is 301 g/mol. The number of benzene rings is 1. The van der Waals surface area contributed by atoms with E-state index in [2.05, 4.69) is 0 Å². The molecule has 0 unspecified atom stereocenters. The Morgan fingerprint density at radius 2 is 2.05 bits per heavy atom. The number of aliphatic hydroxyl groups excluding tert-OH is 1. The number of hydrogen-bond acceptors (Lipinski definition) is 3. The maximum Gasteiger partial charge on any atom is 0.406 e. The topological polar surface area (TPSA) is 53.7 Å². The van der Waals surface area contributed by atoms with Crippen molar-refractivity contribution in [3.8, 4) is 0 Å². The summed E-state index contributed by atoms with van der Waals surface area (Å²) in [6, 6.07) is 6.62. The fourth-order valence-corrected chi connectivity index (χ4v) is 2.01. The molecule has 0 atom stereocenters. The molecule has 0 saturated carbocycles. The molecular formula is C14H14F3NO3. The summed E-state index contributed by atoms with van der Waals surface area (Å²) < 4.78 is 42.7. The van der Waals surface area contributed by atoms with Crippen LogP contribution < -0.4 is 0 Å². The zero-order chi connectivity index (χ0) is 15.6. The van der Waals surface area contributed by atoms with Crippen LogP contribution in [0.15, 0.2) is 28.7 Å². The number of aliphatic hydroxyl groups is 1. The summed E-state index contributed by atoms with van der Waals surface area (Å²) in [6.45, 7) is -0.534. The molecule has 0 bridgehead atoms. The van der Waals surface area contributed by atoms with Crippen molar-refractivity contribution in [3.05, 3.63) is 35.6 Å². The number of carbonyl (C=O) groups is 1. The largest absolute Gasteiger partial charge is 0.451 e. The Balaban J connectivity index is 2.29. The van der Waals surface area contributed by atoms with Crippen LogP contribution in [0.4, 0.5) is 13.2 Å². The molecule has 2 rings (SSSR count). The number of furan rings is 1. The van der Waals surface area contributed by atoms with Crippen LogP contribution in [0.5, 0.6) is 0 Å². The smallest absolute Gasteiger partial charge is 0.406 e. The number of halogens is 3. The van der Waals surface area contributed by atoms with Gasteiger partial charge in [0.2, 0.25) is 0 Å². The maximum absolute atomic E-state index is 12.5. The summed E-state index contributed by atoms with van der Waals surface area (Å²) in [7, 11) is 0. The molecule has 0 aliphatic carbocycles. The first kappa shape index (κ1) is 15.4. The number of amides is 1. The van der Waals surface area contributed by atoms with Crippen LogP contribution in [0.3, 0.4) is 0 Å². The van der Waals surface area contributed by atoms with E-state index < -0.39 is 31.8 Å². The van der Waals surface area contributed by atoms with Gasteiger partial charge in [-0.05, 0) is 25.1 Å². The molecule has 114 valence electrons. The van der Waals surface area contributed by atoms with Crippen LogP contribution in [0.25, 0.3) is 11.0 Å². The van der Waals surface area contributed by atoms with Gasteiger partial charge in [0.1, 0.15) is 12.1 Å². The first-order valence-corrected chi connectivity index (χ1v) is 6.27. The van der Waals surface area contributed by atoms with Crippen LogP contribution >= 0.6 is 0 Å². The molecular weight excluding hydrogens is 287 g/mol. The highest BCUT2D eigenvalue weighted by Crippen LogP contribution is 2.23. The number of rotatable bonds is 4. The molecule has 0 fully saturated rings. The van der Waals surface area contributed by atoms with Crippen LogP contribution in [-0.4, -0.2) is 41.8 Å². The van der Waals surface area contributed by atoms with Gasteiger partial charge in [0.05, 0.1) is 6.61 Å². The summed E-state index contributed by atoms with van der Waals surface area (Å²) in [6.07, 6.45) is -4.53. The number of alkyl halides is 3. The van der Waals surface area contributed by atoms with Gasteiger partial charge in [-0.3, -0.25) is 4.79 Å². The quantitative estimate of drug-likeness (QED) is 0.944. The van der Waals surface area contributed by atoms with Gasteiger partial charge in [-0.2, -0.15) is 13.2 Å². The zero-order valence-electron chi connectivity index (χ0n) is 11.3. The van der Waals surface area contributed by atoms with Gasteiger partial charge in [0.15, 0.2) is 5.76 Å². The van der Waals surface area contributed by atoms with E-state index in [4.69, 9.17) is 9.52 Å². The van der Waals surface area contributed by atoms with E-state index in [-0.39, 0.29) is 5.76 Å². The molecule has 0 aliphatic heterocycles. The SMILES string of the molecule is Cc1ccc2oc(C(=O)N(CCO)CC(F)(F)F)cc2c1. The van der Waals surface area contributed by atoms with Crippen molar-refractivity contribution in [1.82, 2.24) is 4.90 Å². The van der Waals surface area contributed by atoms with E-state index in [1.54, 1.807) is 18.2 Å². The van der Waals surface area contributed by atoms with Gasteiger partial charge < -0.3 is 14.4 Å². The van der Waals surface area contributed by atoms with E-state index in [1.165, 1.54) is 6.07 Å². The Labute approximate surface area is 118 Å². The van der Waals surface area contributed by atoms with E-state index in [9.17, 15) is 18.0 Å². The van der Waals surface area contributed by atoms with Crippen LogP contribution in [0.1, 0.15) is 16.1 Å². The minimum absolute atomic E-state index is 0.173. The number of hydrogen-bond donors (Lipinski definition) is 1. The van der Waals surface area contributed by atoms with Crippen molar-refractivity contribution in [1.29, 1.82) is 0 Å². The number of fused-ring (bicyclic) bond motifs is 1. The van der Waals surface area contributed by atoms with E-state index in [1.807, 2.05) is 6.92 Å². The van der Waals surface area contributed by atoms with Gasteiger partial charge in [0, 0.05) is 11.9 Å². The monoisotopic (exact) mass is 301 g/mol. The lowest BCUT2D eigenvalue weighted by molar-refractivity contribution is -0.141. The zero-order valence-corrected chi connectivity index (χ0v) is 11.3. The predicted molar refractivity (Wildman–Crippen MR) is 70.0 cm³/mol. The molecule has 0 radical (unpaired) electrons. The molecule has 2 aromatic rings.